The number of piperazine rings is 1. The Balaban J connectivity index is 1.37. The van der Waals surface area contributed by atoms with Crippen molar-refractivity contribution in [1.82, 2.24) is 14.5 Å². The Labute approximate surface area is 157 Å². The first kappa shape index (κ1) is 17.9. The van der Waals surface area contributed by atoms with E-state index in [1.54, 1.807) is 34.8 Å². The lowest BCUT2D eigenvalue weighted by atomic mass is 10.2. The van der Waals surface area contributed by atoms with Crippen molar-refractivity contribution in [2.24, 2.45) is 0 Å². The van der Waals surface area contributed by atoms with Crippen molar-refractivity contribution >= 4 is 10.0 Å². The molecule has 0 spiro atoms. The fourth-order valence-electron chi connectivity index (χ4n) is 3.12. The molecule has 142 valence electrons. The minimum atomic E-state index is -3.44. The monoisotopic (exact) mass is 389 g/mol. The summed E-state index contributed by atoms with van der Waals surface area (Å²) in [5, 5.41) is 8.06. The maximum atomic E-state index is 12.8. The van der Waals surface area contributed by atoms with Gasteiger partial charge in [0.05, 0.1) is 37.3 Å². The minimum Gasteiger partial charge on any atom is -0.459 e. The van der Waals surface area contributed by atoms with Gasteiger partial charge in [0, 0.05) is 0 Å². The Morgan fingerprint density at radius 3 is 2.52 bits per heavy atom. The van der Waals surface area contributed by atoms with Gasteiger partial charge in [-0.3, -0.25) is 0 Å². The third kappa shape index (κ3) is 3.80. The van der Waals surface area contributed by atoms with Crippen LogP contribution in [0.4, 0.5) is 0 Å². The van der Waals surface area contributed by atoms with Crippen molar-refractivity contribution in [3.8, 4) is 11.7 Å². The number of rotatable bonds is 5. The van der Waals surface area contributed by atoms with Crippen molar-refractivity contribution in [3.63, 3.8) is 0 Å². The maximum Gasteiger partial charge on any atom is 0.283 e. The molecule has 0 unspecified atom stereocenters. The summed E-state index contributed by atoms with van der Waals surface area (Å²) in [6.07, 6.45) is 1.55. The van der Waals surface area contributed by atoms with E-state index in [4.69, 9.17) is 8.83 Å². The fraction of sp³-hybridized carbons (Fsp3) is 0.333. The smallest absolute Gasteiger partial charge is 0.283 e. The van der Waals surface area contributed by atoms with Crippen molar-refractivity contribution in [2.45, 2.75) is 18.4 Å². The lowest BCUT2D eigenvalue weighted by Crippen LogP contribution is -3.13. The number of aromatic nitrogens is 2. The van der Waals surface area contributed by atoms with Gasteiger partial charge in [-0.05, 0) is 31.2 Å². The van der Waals surface area contributed by atoms with E-state index in [1.807, 2.05) is 19.1 Å². The van der Waals surface area contributed by atoms with Crippen LogP contribution in [0.2, 0.25) is 0 Å². The van der Waals surface area contributed by atoms with Gasteiger partial charge in [0.15, 0.2) is 12.3 Å². The number of benzene rings is 1. The lowest BCUT2D eigenvalue weighted by molar-refractivity contribution is -0.918. The van der Waals surface area contributed by atoms with Gasteiger partial charge in [-0.2, -0.15) is 4.31 Å². The van der Waals surface area contributed by atoms with Gasteiger partial charge in [-0.15, -0.1) is 10.2 Å². The van der Waals surface area contributed by atoms with Crippen LogP contribution in [0.5, 0.6) is 0 Å². The summed E-state index contributed by atoms with van der Waals surface area (Å²) >= 11 is 0. The Hall–Kier alpha value is -2.49. The van der Waals surface area contributed by atoms with Crippen molar-refractivity contribution < 1.29 is 22.2 Å². The normalized spacial score (nSPS) is 16.6. The highest BCUT2D eigenvalue weighted by atomic mass is 32.2. The molecule has 4 rings (SSSR count). The number of quaternary nitrogens is 1. The Morgan fingerprint density at radius 2 is 1.85 bits per heavy atom. The van der Waals surface area contributed by atoms with E-state index in [1.165, 1.54) is 4.90 Å². The molecule has 0 radical (unpaired) electrons. The summed E-state index contributed by atoms with van der Waals surface area (Å²) in [7, 11) is -3.44. The number of sulfonamides is 1. The molecule has 0 bridgehead atoms. The van der Waals surface area contributed by atoms with Crippen LogP contribution in [0.25, 0.3) is 11.7 Å². The predicted molar refractivity (Wildman–Crippen MR) is 96.3 cm³/mol. The van der Waals surface area contributed by atoms with Crippen LogP contribution in [-0.2, 0) is 16.6 Å². The van der Waals surface area contributed by atoms with Gasteiger partial charge in [-0.25, -0.2) is 8.42 Å². The number of hydrogen-bond donors (Lipinski definition) is 1. The third-order valence-corrected chi connectivity index (χ3v) is 6.60. The molecule has 1 saturated heterocycles. The lowest BCUT2D eigenvalue weighted by Gasteiger charge is -2.30. The molecule has 0 atom stereocenters. The van der Waals surface area contributed by atoms with Gasteiger partial charge in [0.25, 0.3) is 11.8 Å². The molecule has 27 heavy (non-hydrogen) atoms. The van der Waals surface area contributed by atoms with E-state index >= 15 is 0 Å². The van der Waals surface area contributed by atoms with Crippen LogP contribution < -0.4 is 4.90 Å². The van der Waals surface area contributed by atoms with Gasteiger partial charge in [-0.1, -0.05) is 17.7 Å². The Kier molecular flexibility index (Phi) is 4.81. The van der Waals surface area contributed by atoms with Crippen LogP contribution >= 0.6 is 0 Å². The standard InChI is InChI=1S/C18H20N4O4S/c1-14-4-6-15(7-5-14)27(23,24)22-10-8-21(9-11-22)13-17-19-20-18(26-17)16-3-2-12-25-16/h2-7,12H,8-11,13H2,1H3/p+1. The van der Waals surface area contributed by atoms with E-state index in [0.717, 1.165) is 5.56 Å². The molecule has 3 aromatic rings. The second-order valence-electron chi connectivity index (χ2n) is 6.62. The Bertz CT molecular complexity index is 988. The number of aryl methyl sites for hydroxylation is 1. The molecule has 3 heterocycles. The van der Waals surface area contributed by atoms with E-state index in [-0.39, 0.29) is 0 Å². The number of furan rings is 1. The molecule has 1 aliphatic rings. The van der Waals surface area contributed by atoms with Crippen molar-refractivity contribution in [3.05, 3.63) is 54.1 Å². The zero-order valence-electron chi connectivity index (χ0n) is 15.0. The maximum absolute atomic E-state index is 12.8. The number of nitrogens with zero attached hydrogens (tertiary/aromatic N) is 3. The highest BCUT2D eigenvalue weighted by Gasteiger charge is 2.31. The van der Waals surface area contributed by atoms with Crippen LogP contribution in [0.1, 0.15) is 11.5 Å². The van der Waals surface area contributed by atoms with Crippen molar-refractivity contribution in [2.75, 3.05) is 26.2 Å². The van der Waals surface area contributed by atoms with E-state index in [0.29, 0.717) is 55.2 Å². The highest BCUT2D eigenvalue weighted by Crippen LogP contribution is 2.18. The summed E-state index contributed by atoms with van der Waals surface area (Å²) in [6.45, 7) is 4.79. The molecular weight excluding hydrogens is 368 g/mol. The minimum absolute atomic E-state index is 0.344. The first-order chi connectivity index (χ1) is 13.0. The average molecular weight is 389 g/mol. The van der Waals surface area contributed by atoms with E-state index < -0.39 is 10.0 Å². The number of hydrogen-bond acceptors (Lipinski definition) is 6. The second kappa shape index (κ2) is 7.26. The molecular formula is C18H21N4O4S+. The topological polar surface area (TPSA) is 93.9 Å². The molecule has 0 aliphatic carbocycles. The molecule has 1 aromatic carbocycles. The summed E-state index contributed by atoms with van der Waals surface area (Å²) in [5.41, 5.74) is 1.04. The van der Waals surface area contributed by atoms with Gasteiger partial charge < -0.3 is 13.7 Å². The van der Waals surface area contributed by atoms with E-state index in [2.05, 4.69) is 10.2 Å². The summed E-state index contributed by atoms with van der Waals surface area (Å²) in [5.74, 6) is 1.42. The van der Waals surface area contributed by atoms with Crippen LogP contribution in [-0.4, -0.2) is 49.1 Å². The molecule has 2 aromatic heterocycles. The fourth-order valence-corrected chi connectivity index (χ4v) is 4.56. The van der Waals surface area contributed by atoms with Gasteiger partial charge >= 0.3 is 0 Å². The molecule has 0 saturated carbocycles. The molecule has 1 fully saturated rings. The largest absolute Gasteiger partial charge is 0.459 e. The van der Waals surface area contributed by atoms with Crippen molar-refractivity contribution in [1.29, 1.82) is 0 Å². The third-order valence-electron chi connectivity index (χ3n) is 4.69. The zero-order chi connectivity index (χ0) is 18.9. The van der Waals surface area contributed by atoms with Gasteiger partial charge in [0.1, 0.15) is 0 Å². The molecule has 1 N–H and O–H groups in total. The first-order valence-electron chi connectivity index (χ1n) is 8.79. The van der Waals surface area contributed by atoms with Crippen LogP contribution in [0, 0.1) is 6.92 Å². The summed E-state index contributed by atoms with van der Waals surface area (Å²) in [6, 6.07) is 10.5. The molecule has 1 aliphatic heterocycles. The Morgan fingerprint density at radius 1 is 1.11 bits per heavy atom. The quantitative estimate of drug-likeness (QED) is 0.691. The number of nitrogens with one attached hydrogen (secondary N) is 1. The zero-order valence-corrected chi connectivity index (χ0v) is 15.8. The molecule has 8 nitrogen and oxygen atoms in total. The van der Waals surface area contributed by atoms with Crippen LogP contribution in [0.15, 0.2) is 56.4 Å². The van der Waals surface area contributed by atoms with Crippen LogP contribution in [0.3, 0.4) is 0 Å². The molecule has 9 heteroatoms. The predicted octanol–water partition coefficient (Wildman–Crippen LogP) is 0.727. The summed E-state index contributed by atoms with van der Waals surface area (Å²) in [4.78, 5) is 1.55. The summed E-state index contributed by atoms with van der Waals surface area (Å²) < 4.78 is 38.0. The first-order valence-corrected chi connectivity index (χ1v) is 10.2. The average Bonchev–Trinajstić information content (AvgIpc) is 3.34. The SMILES string of the molecule is Cc1ccc(S(=O)(=O)N2CC[NH+](Cc3nnc(-c4ccco4)o3)CC2)cc1. The second-order valence-corrected chi connectivity index (χ2v) is 8.56. The molecule has 0 amide bonds. The van der Waals surface area contributed by atoms with Gasteiger partial charge in [0.2, 0.25) is 10.0 Å². The van der Waals surface area contributed by atoms with E-state index in [9.17, 15) is 8.42 Å². The highest BCUT2D eigenvalue weighted by molar-refractivity contribution is 7.89.